The van der Waals surface area contributed by atoms with Crippen molar-refractivity contribution >= 4 is 23.3 Å². The van der Waals surface area contributed by atoms with Gasteiger partial charge in [-0.1, -0.05) is 11.6 Å². The van der Waals surface area contributed by atoms with Gasteiger partial charge in [-0.25, -0.2) is 4.98 Å². The maximum atomic E-state index is 11.6. The quantitative estimate of drug-likeness (QED) is 0.905. The topological polar surface area (TPSA) is 46.9 Å². The fourth-order valence-corrected chi connectivity index (χ4v) is 1.52. The maximum absolute atomic E-state index is 11.6. The molecule has 0 aliphatic rings. The summed E-state index contributed by atoms with van der Waals surface area (Å²) < 4.78 is 1.95. The van der Waals surface area contributed by atoms with Gasteiger partial charge in [-0.2, -0.15) is 0 Å². The Hall–Kier alpha value is -1.81. The van der Waals surface area contributed by atoms with Crippen LogP contribution >= 0.6 is 11.6 Å². The van der Waals surface area contributed by atoms with Gasteiger partial charge in [0.1, 0.15) is 5.82 Å². The molecular weight excluding hydrogens is 238 g/mol. The number of rotatable bonds is 4. The van der Waals surface area contributed by atoms with Crippen LogP contribution in [0.15, 0.2) is 42.9 Å². The molecular formula is C12H12ClN3O. The molecule has 4 nitrogen and oxygen atoms in total. The Labute approximate surface area is 104 Å². The number of carbonyl (C=O) groups is 1. The number of nitrogens with one attached hydrogen (secondary N) is 1. The Morgan fingerprint density at radius 2 is 2.12 bits per heavy atom. The van der Waals surface area contributed by atoms with E-state index in [0.29, 0.717) is 23.8 Å². The van der Waals surface area contributed by atoms with Crippen LogP contribution in [0.2, 0.25) is 5.02 Å². The Morgan fingerprint density at radius 1 is 1.35 bits per heavy atom. The zero-order valence-electron chi connectivity index (χ0n) is 9.14. The highest BCUT2D eigenvalue weighted by molar-refractivity contribution is 6.30. The van der Waals surface area contributed by atoms with Gasteiger partial charge in [-0.05, 0) is 24.3 Å². The molecule has 2 heterocycles. The molecule has 2 aromatic heterocycles. The zero-order chi connectivity index (χ0) is 12.1. The lowest BCUT2D eigenvalue weighted by molar-refractivity contribution is -0.116. The molecule has 0 saturated heterocycles. The van der Waals surface area contributed by atoms with Gasteiger partial charge in [0, 0.05) is 31.6 Å². The number of nitrogens with zero attached hydrogens (tertiary/aromatic N) is 2. The molecule has 88 valence electrons. The first kappa shape index (κ1) is 11.7. The second-order valence-corrected chi connectivity index (χ2v) is 4.02. The third-order valence-electron chi connectivity index (χ3n) is 2.26. The van der Waals surface area contributed by atoms with E-state index in [2.05, 4.69) is 10.3 Å². The largest absolute Gasteiger partial charge is 0.354 e. The number of hydrogen-bond acceptors (Lipinski definition) is 2. The van der Waals surface area contributed by atoms with Crippen LogP contribution < -0.4 is 5.32 Å². The van der Waals surface area contributed by atoms with Crippen LogP contribution in [-0.2, 0) is 11.3 Å². The zero-order valence-corrected chi connectivity index (χ0v) is 9.89. The molecule has 2 aromatic rings. The highest BCUT2D eigenvalue weighted by Gasteiger charge is 2.03. The van der Waals surface area contributed by atoms with E-state index in [-0.39, 0.29) is 5.91 Å². The smallest absolute Gasteiger partial charge is 0.227 e. The van der Waals surface area contributed by atoms with Crippen molar-refractivity contribution in [3.63, 3.8) is 0 Å². The van der Waals surface area contributed by atoms with E-state index in [1.807, 2.05) is 29.1 Å². The average molecular weight is 250 g/mol. The van der Waals surface area contributed by atoms with E-state index in [1.54, 1.807) is 12.1 Å². The first-order chi connectivity index (χ1) is 8.24. The Morgan fingerprint density at radius 3 is 2.76 bits per heavy atom. The third-order valence-corrected chi connectivity index (χ3v) is 2.48. The summed E-state index contributed by atoms with van der Waals surface area (Å²) in [5.41, 5.74) is 0. The van der Waals surface area contributed by atoms with E-state index >= 15 is 0 Å². The first-order valence-corrected chi connectivity index (χ1v) is 5.64. The van der Waals surface area contributed by atoms with Crippen LogP contribution in [0.4, 0.5) is 5.82 Å². The first-order valence-electron chi connectivity index (χ1n) is 5.26. The molecule has 0 aliphatic heterocycles. The second-order valence-electron chi connectivity index (χ2n) is 3.58. The van der Waals surface area contributed by atoms with Crippen molar-refractivity contribution in [2.75, 3.05) is 5.32 Å². The molecule has 0 fully saturated rings. The average Bonchev–Trinajstić information content (AvgIpc) is 2.83. The molecule has 0 saturated carbocycles. The maximum Gasteiger partial charge on any atom is 0.227 e. The number of halogens is 1. The van der Waals surface area contributed by atoms with Crippen LogP contribution in [0, 0.1) is 0 Å². The highest BCUT2D eigenvalue weighted by atomic mass is 35.5. The summed E-state index contributed by atoms with van der Waals surface area (Å²) in [5, 5.41) is 3.26. The molecule has 0 spiro atoms. The van der Waals surface area contributed by atoms with Crippen LogP contribution in [0.1, 0.15) is 6.42 Å². The predicted octanol–water partition coefficient (Wildman–Crippen LogP) is 2.57. The molecule has 0 aromatic carbocycles. The lowest BCUT2D eigenvalue weighted by atomic mass is 10.4. The molecule has 0 bridgehead atoms. The van der Waals surface area contributed by atoms with Crippen molar-refractivity contribution in [1.29, 1.82) is 0 Å². The summed E-state index contributed by atoms with van der Waals surface area (Å²) in [6.07, 6.45) is 5.77. The summed E-state index contributed by atoms with van der Waals surface area (Å²) in [5.74, 6) is 0.459. The van der Waals surface area contributed by atoms with Crippen molar-refractivity contribution < 1.29 is 4.79 Å². The summed E-state index contributed by atoms with van der Waals surface area (Å²) in [6, 6.07) is 7.23. The van der Waals surface area contributed by atoms with Crippen molar-refractivity contribution in [3.8, 4) is 0 Å². The van der Waals surface area contributed by atoms with E-state index in [0.717, 1.165) is 0 Å². The van der Waals surface area contributed by atoms with E-state index < -0.39 is 0 Å². The standard InChI is InChI=1S/C12H12ClN3O/c13-10-3-4-11(14-9-10)15-12(17)5-8-16-6-1-2-7-16/h1-4,6-7,9H,5,8H2,(H,14,15,17). The van der Waals surface area contributed by atoms with Crippen molar-refractivity contribution in [1.82, 2.24) is 9.55 Å². The number of hydrogen-bond donors (Lipinski definition) is 1. The normalized spacial score (nSPS) is 10.2. The van der Waals surface area contributed by atoms with Crippen LogP contribution in [0.3, 0.4) is 0 Å². The molecule has 1 N–H and O–H groups in total. The van der Waals surface area contributed by atoms with E-state index in [4.69, 9.17) is 11.6 Å². The van der Waals surface area contributed by atoms with Gasteiger partial charge in [0.15, 0.2) is 0 Å². The van der Waals surface area contributed by atoms with Crippen molar-refractivity contribution in [3.05, 3.63) is 47.9 Å². The molecule has 17 heavy (non-hydrogen) atoms. The monoisotopic (exact) mass is 249 g/mol. The summed E-state index contributed by atoms with van der Waals surface area (Å²) in [6.45, 7) is 0.659. The molecule has 5 heteroatoms. The second kappa shape index (κ2) is 5.50. The van der Waals surface area contributed by atoms with Crippen molar-refractivity contribution in [2.45, 2.75) is 13.0 Å². The lowest BCUT2D eigenvalue weighted by Gasteiger charge is -2.05. The van der Waals surface area contributed by atoms with Gasteiger partial charge in [0.25, 0.3) is 0 Å². The molecule has 0 atom stereocenters. The SMILES string of the molecule is O=C(CCn1cccc1)Nc1ccc(Cl)cn1. The lowest BCUT2D eigenvalue weighted by Crippen LogP contribution is -2.14. The van der Waals surface area contributed by atoms with Gasteiger partial charge in [0.2, 0.25) is 5.91 Å². The highest BCUT2D eigenvalue weighted by Crippen LogP contribution is 2.09. The summed E-state index contributed by atoms with van der Waals surface area (Å²) in [7, 11) is 0. The Balaban J connectivity index is 1.83. The number of anilines is 1. The number of aromatic nitrogens is 2. The van der Waals surface area contributed by atoms with Gasteiger partial charge in [-0.15, -0.1) is 0 Å². The van der Waals surface area contributed by atoms with Crippen LogP contribution in [0.25, 0.3) is 0 Å². The van der Waals surface area contributed by atoms with Gasteiger partial charge >= 0.3 is 0 Å². The minimum absolute atomic E-state index is 0.0616. The summed E-state index contributed by atoms with van der Waals surface area (Å²) in [4.78, 5) is 15.6. The molecule has 0 aliphatic carbocycles. The molecule has 0 radical (unpaired) electrons. The van der Waals surface area contributed by atoms with Crippen LogP contribution in [-0.4, -0.2) is 15.5 Å². The minimum Gasteiger partial charge on any atom is -0.354 e. The van der Waals surface area contributed by atoms with Gasteiger partial charge < -0.3 is 9.88 Å². The van der Waals surface area contributed by atoms with Gasteiger partial charge in [-0.3, -0.25) is 4.79 Å². The molecule has 0 unspecified atom stereocenters. The fourth-order valence-electron chi connectivity index (χ4n) is 1.40. The Kier molecular flexibility index (Phi) is 3.77. The van der Waals surface area contributed by atoms with Gasteiger partial charge in [0.05, 0.1) is 5.02 Å². The number of pyridine rings is 1. The van der Waals surface area contributed by atoms with Crippen LogP contribution in [0.5, 0.6) is 0 Å². The number of aryl methyl sites for hydroxylation is 1. The predicted molar refractivity (Wildman–Crippen MR) is 66.9 cm³/mol. The van der Waals surface area contributed by atoms with E-state index in [1.165, 1.54) is 6.20 Å². The van der Waals surface area contributed by atoms with E-state index in [9.17, 15) is 4.79 Å². The summed E-state index contributed by atoms with van der Waals surface area (Å²) >= 11 is 5.70. The number of amides is 1. The molecule has 2 rings (SSSR count). The Bertz CT molecular complexity index is 479. The van der Waals surface area contributed by atoms with Crippen molar-refractivity contribution in [2.24, 2.45) is 0 Å². The third kappa shape index (κ3) is 3.60. The minimum atomic E-state index is -0.0616. The number of carbonyl (C=O) groups excluding carboxylic acids is 1. The molecule has 1 amide bonds. The fraction of sp³-hybridized carbons (Fsp3) is 0.167.